The summed E-state index contributed by atoms with van der Waals surface area (Å²) in [6.45, 7) is 5.51. The Morgan fingerprint density at radius 1 is 1.53 bits per heavy atom. The van der Waals surface area contributed by atoms with Gasteiger partial charge in [0.05, 0.1) is 17.7 Å². The van der Waals surface area contributed by atoms with Gasteiger partial charge in [-0.25, -0.2) is 0 Å². The van der Waals surface area contributed by atoms with Gasteiger partial charge >= 0.3 is 0 Å². The van der Waals surface area contributed by atoms with Gasteiger partial charge in [-0.05, 0) is 44.0 Å². The van der Waals surface area contributed by atoms with E-state index in [2.05, 4.69) is 11.4 Å². The first kappa shape index (κ1) is 13.6. The van der Waals surface area contributed by atoms with Crippen molar-refractivity contribution in [1.82, 2.24) is 5.32 Å². The molecule has 0 saturated carbocycles. The van der Waals surface area contributed by atoms with Crippen molar-refractivity contribution in [2.45, 2.75) is 32.7 Å². The molecule has 1 unspecified atom stereocenters. The minimum Gasteiger partial charge on any atom is -0.311 e. The maximum absolute atomic E-state index is 12.4. The standard InChI is InChI=1S/C15H19N3O/c1-3-17-13-5-4-8-18(15(13)19)14-9-12(10-16)7-6-11(14)2/h6-7,9,13,17H,3-5,8H2,1-2H3. The normalized spacial score (nSPS) is 19.3. The van der Waals surface area contributed by atoms with E-state index in [-0.39, 0.29) is 11.9 Å². The zero-order valence-corrected chi connectivity index (χ0v) is 11.4. The van der Waals surface area contributed by atoms with Crippen LogP contribution in [0, 0.1) is 18.3 Å². The van der Waals surface area contributed by atoms with Crippen LogP contribution in [0.4, 0.5) is 5.69 Å². The lowest BCUT2D eigenvalue weighted by atomic mass is 10.0. The number of nitriles is 1. The highest BCUT2D eigenvalue weighted by atomic mass is 16.2. The number of hydrogen-bond donors (Lipinski definition) is 1. The fraction of sp³-hybridized carbons (Fsp3) is 0.467. The van der Waals surface area contributed by atoms with Crippen LogP contribution in [0.25, 0.3) is 0 Å². The Balaban J connectivity index is 2.30. The summed E-state index contributed by atoms with van der Waals surface area (Å²) in [5.74, 6) is 0.117. The molecule has 1 heterocycles. The average molecular weight is 257 g/mol. The molecule has 4 nitrogen and oxygen atoms in total. The van der Waals surface area contributed by atoms with Gasteiger partial charge in [-0.3, -0.25) is 4.79 Å². The van der Waals surface area contributed by atoms with E-state index in [1.165, 1.54) is 0 Å². The zero-order valence-electron chi connectivity index (χ0n) is 11.4. The SMILES string of the molecule is CCNC1CCCN(c2cc(C#N)ccc2C)C1=O. The first-order valence-corrected chi connectivity index (χ1v) is 6.73. The lowest BCUT2D eigenvalue weighted by molar-refractivity contribution is -0.121. The lowest BCUT2D eigenvalue weighted by Crippen LogP contribution is -2.51. The van der Waals surface area contributed by atoms with E-state index in [1.807, 2.05) is 30.9 Å². The average Bonchev–Trinajstić information content (AvgIpc) is 2.42. The molecule has 0 aliphatic carbocycles. The molecule has 0 aromatic heterocycles. The molecule has 4 heteroatoms. The second kappa shape index (κ2) is 5.85. The van der Waals surface area contributed by atoms with Crippen molar-refractivity contribution in [1.29, 1.82) is 5.26 Å². The maximum atomic E-state index is 12.4. The molecular weight excluding hydrogens is 238 g/mol. The van der Waals surface area contributed by atoms with Gasteiger partial charge in [-0.1, -0.05) is 13.0 Å². The number of aryl methyl sites for hydroxylation is 1. The molecule has 1 amide bonds. The van der Waals surface area contributed by atoms with Crippen LogP contribution in [-0.2, 0) is 4.79 Å². The van der Waals surface area contributed by atoms with Gasteiger partial charge < -0.3 is 10.2 Å². The Bertz CT molecular complexity index is 517. The van der Waals surface area contributed by atoms with Crippen molar-refractivity contribution in [3.05, 3.63) is 29.3 Å². The smallest absolute Gasteiger partial charge is 0.244 e. The second-order valence-corrected chi connectivity index (χ2v) is 4.86. The second-order valence-electron chi connectivity index (χ2n) is 4.86. The third-order valence-electron chi connectivity index (χ3n) is 3.52. The number of rotatable bonds is 3. The van der Waals surface area contributed by atoms with Crippen LogP contribution in [0.15, 0.2) is 18.2 Å². The number of hydrogen-bond acceptors (Lipinski definition) is 3. The fourth-order valence-electron chi connectivity index (χ4n) is 2.52. The number of carbonyl (C=O) groups excluding carboxylic acids is 1. The first-order valence-electron chi connectivity index (χ1n) is 6.73. The highest BCUT2D eigenvalue weighted by molar-refractivity contribution is 5.98. The van der Waals surface area contributed by atoms with Crippen molar-refractivity contribution < 1.29 is 4.79 Å². The van der Waals surface area contributed by atoms with Crippen LogP contribution in [-0.4, -0.2) is 25.0 Å². The van der Waals surface area contributed by atoms with Crippen LogP contribution in [0.2, 0.25) is 0 Å². The number of nitrogens with one attached hydrogen (secondary N) is 1. The Morgan fingerprint density at radius 2 is 2.32 bits per heavy atom. The van der Waals surface area contributed by atoms with Crippen molar-refractivity contribution in [3.63, 3.8) is 0 Å². The molecule has 1 fully saturated rings. The number of likely N-dealkylation sites (N-methyl/N-ethyl adjacent to an activating group) is 1. The summed E-state index contributed by atoms with van der Waals surface area (Å²) in [6.07, 6.45) is 1.87. The predicted molar refractivity (Wildman–Crippen MR) is 74.9 cm³/mol. The van der Waals surface area contributed by atoms with E-state index < -0.39 is 0 Å². The van der Waals surface area contributed by atoms with E-state index in [0.29, 0.717) is 5.56 Å². The molecule has 0 radical (unpaired) electrons. The predicted octanol–water partition coefficient (Wildman–Crippen LogP) is 1.97. The van der Waals surface area contributed by atoms with Crippen molar-refractivity contribution in [2.24, 2.45) is 0 Å². The summed E-state index contributed by atoms with van der Waals surface area (Å²) in [6, 6.07) is 7.53. The number of piperidine rings is 1. The van der Waals surface area contributed by atoms with Gasteiger partial charge in [0.1, 0.15) is 0 Å². The van der Waals surface area contributed by atoms with Gasteiger partial charge in [0, 0.05) is 12.2 Å². The molecule has 0 spiro atoms. The van der Waals surface area contributed by atoms with Crippen molar-refractivity contribution >= 4 is 11.6 Å². The van der Waals surface area contributed by atoms with Crippen molar-refractivity contribution in [3.8, 4) is 6.07 Å². The van der Waals surface area contributed by atoms with Gasteiger partial charge in [-0.15, -0.1) is 0 Å². The number of benzene rings is 1. The summed E-state index contributed by atoms with van der Waals surface area (Å²) in [5.41, 5.74) is 2.50. The third kappa shape index (κ3) is 2.77. The first-order chi connectivity index (χ1) is 9.17. The molecule has 0 bridgehead atoms. The summed E-state index contributed by atoms with van der Waals surface area (Å²) in [7, 11) is 0. The third-order valence-corrected chi connectivity index (χ3v) is 3.52. The van der Waals surface area contributed by atoms with Crippen LogP contribution in [0.1, 0.15) is 30.9 Å². The van der Waals surface area contributed by atoms with Crippen LogP contribution in [0.3, 0.4) is 0 Å². The molecule has 1 aliphatic heterocycles. The Labute approximate surface area is 114 Å². The van der Waals surface area contributed by atoms with Gasteiger partial charge in [-0.2, -0.15) is 5.26 Å². The molecule has 1 aromatic rings. The van der Waals surface area contributed by atoms with Crippen molar-refractivity contribution in [2.75, 3.05) is 18.0 Å². The van der Waals surface area contributed by atoms with Gasteiger partial charge in [0.25, 0.3) is 0 Å². The molecule has 1 atom stereocenters. The summed E-state index contributed by atoms with van der Waals surface area (Å²) in [4.78, 5) is 14.3. The highest BCUT2D eigenvalue weighted by Gasteiger charge is 2.29. The molecule has 19 heavy (non-hydrogen) atoms. The van der Waals surface area contributed by atoms with E-state index in [9.17, 15) is 4.79 Å². The van der Waals surface area contributed by atoms with Crippen LogP contribution < -0.4 is 10.2 Å². The Morgan fingerprint density at radius 3 is 3.00 bits per heavy atom. The number of carbonyl (C=O) groups is 1. The Hall–Kier alpha value is -1.86. The Kier molecular flexibility index (Phi) is 4.18. The molecular formula is C15H19N3O. The molecule has 1 aliphatic rings. The monoisotopic (exact) mass is 257 g/mol. The maximum Gasteiger partial charge on any atom is 0.244 e. The lowest BCUT2D eigenvalue weighted by Gasteiger charge is -2.33. The molecule has 1 aromatic carbocycles. The topological polar surface area (TPSA) is 56.1 Å². The number of nitrogens with zero attached hydrogens (tertiary/aromatic N) is 2. The van der Waals surface area contributed by atoms with E-state index in [4.69, 9.17) is 5.26 Å². The summed E-state index contributed by atoms with van der Waals surface area (Å²) in [5, 5.41) is 12.2. The minimum absolute atomic E-state index is 0.0936. The fourth-order valence-corrected chi connectivity index (χ4v) is 2.52. The van der Waals surface area contributed by atoms with Crippen LogP contribution in [0.5, 0.6) is 0 Å². The molecule has 1 saturated heterocycles. The molecule has 100 valence electrons. The quantitative estimate of drug-likeness (QED) is 0.900. The molecule has 1 N–H and O–H groups in total. The van der Waals surface area contributed by atoms with E-state index in [0.717, 1.165) is 37.2 Å². The zero-order chi connectivity index (χ0) is 13.8. The number of amides is 1. The largest absolute Gasteiger partial charge is 0.311 e. The van der Waals surface area contributed by atoms with Gasteiger partial charge in [0.2, 0.25) is 5.91 Å². The molecule has 2 rings (SSSR count). The van der Waals surface area contributed by atoms with Gasteiger partial charge in [0.15, 0.2) is 0 Å². The van der Waals surface area contributed by atoms with E-state index in [1.54, 1.807) is 6.07 Å². The van der Waals surface area contributed by atoms with Crippen LogP contribution >= 0.6 is 0 Å². The summed E-state index contributed by atoms with van der Waals surface area (Å²) >= 11 is 0. The minimum atomic E-state index is -0.0936. The number of anilines is 1. The van der Waals surface area contributed by atoms with E-state index >= 15 is 0 Å². The highest BCUT2D eigenvalue weighted by Crippen LogP contribution is 2.25. The summed E-state index contributed by atoms with van der Waals surface area (Å²) < 4.78 is 0.